The van der Waals surface area contributed by atoms with Gasteiger partial charge in [0, 0.05) is 19.6 Å². The molecule has 0 radical (unpaired) electrons. The molecule has 2 fully saturated rings. The number of hydrogen-bond donors (Lipinski definition) is 2. The Labute approximate surface area is 155 Å². The molecule has 2 heterocycles. The third kappa shape index (κ3) is 8.91. The molecule has 0 aromatic carbocycles. The molecule has 0 unspecified atom stereocenters. The van der Waals surface area contributed by atoms with Gasteiger partial charge in [0.15, 0.2) is 5.96 Å². The number of nitrogens with zero attached hydrogens (tertiary/aromatic N) is 3. The van der Waals surface area contributed by atoms with E-state index in [1.165, 1.54) is 84.1 Å². The van der Waals surface area contributed by atoms with E-state index in [1.54, 1.807) is 0 Å². The van der Waals surface area contributed by atoms with Crippen molar-refractivity contribution in [2.24, 2.45) is 10.9 Å². The van der Waals surface area contributed by atoms with Gasteiger partial charge in [0.25, 0.3) is 0 Å². The van der Waals surface area contributed by atoms with Crippen LogP contribution in [0, 0.1) is 5.92 Å². The number of rotatable bonds is 8. The fraction of sp³-hybridized carbons (Fsp3) is 0.950. The molecule has 0 aliphatic carbocycles. The Balaban J connectivity index is 1.60. The Morgan fingerprint density at radius 2 is 1.72 bits per heavy atom. The fourth-order valence-electron chi connectivity index (χ4n) is 3.93. The second-order valence-electron chi connectivity index (χ2n) is 7.83. The van der Waals surface area contributed by atoms with Gasteiger partial charge < -0.3 is 20.4 Å². The summed E-state index contributed by atoms with van der Waals surface area (Å²) in [4.78, 5) is 9.85. The number of nitrogens with one attached hydrogen (secondary N) is 2. The Morgan fingerprint density at radius 3 is 2.40 bits per heavy atom. The molecule has 0 atom stereocenters. The standard InChI is InChI=1S/C20H41N5/c1-3-21-20(23-13-9-19-10-17-24(2)18-11-19)22-12-8-16-25-14-6-4-5-7-15-25/h19H,3-18H2,1-2H3,(H2,21,22,23). The average Bonchev–Trinajstić information content (AvgIpc) is 2.89. The quantitative estimate of drug-likeness (QED) is 0.401. The predicted molar refractivity (Wildman–Crippen MR) is 108 cm³/mol. The molecule has 2 aliphatic rings. The summed E-state index contributed by atoms with van der Waals surface area (Å²) in [5.74, 6) is 1.89. The first-order valence-corrected chi connectivity index (χ1v) is 10.7. The van der Waals surface area contributed by atoms with Crippen LogP contribution in [0.2, 0.25) is 0 Å². The molecule has 25 heavy (non-hydrogen) atoms. The molecule has 2 rings (SSSR count). The first-order chi connectivity index (χ1) is 12.3. The van der Waals surface area contributed by atoms with Gasteiger partial charge in [-0.15, -0.1) is 0 Å². The lowest BCUT2D eigenvalue weighted by Gasteiger charge is -2.29. The van der Waals surface area contributed by atoms with Crippen molar-refractivity contribution < 1.29 is 0 Å². The van der Waals surface area contributed by atoms with Crippen molar-refractivity contribution in [2.75, 3.05) is 59.4 Å². The normalized spacial score (nSPS) is 21.9. The van der Waals surface area contributed by atoms with Gasteiger partial charge in [0.1, 0.15) is 0 Å². The maximum atomic E-state index is 4.78. The number of hydrogen-bond acceptors (Lipinski definition) is 3. The van der Waals surface area contributed by atoms with Crippen LogP contribution in [-0.4, -0.2) is 75.2 Å². The summed E-state index contributed by atoms with van der Waals surface area (Å²) in [7, 11) is 2.23. The lowest BCUT2D eigenvalue weighted by molar-refractivity contribution is 0.213. The van der Waals surface area contributed by atoms with Gasteiger partial charge in [-0.05, 0) is 91.1 Å². The lowest BCUT2D eigenvalue weighted by Crippen LogP contribution is -2.39. The van der Waals surface area contributed by atoms with E-state index >= 15 is 0 Å². The zero-order valence-electron chi connectivity index (χ0n) is 16.7. The fourth-order valence-corrected chi connectivity index (χ4v) is 3.93. The first kappa shape index (κ1) is 20.5. The summed E-state index contributed by atoms with van der Waals surface area (Å²) < 4.78 is 0. The van der Waals surface area contributed by atoms with E-state index in [0.29, 0.717) is 0 Å². The second-order valence-corrected chi connectivity index (χ2v) is 7.83. The van der Waals surface area contributed by atoms with Crippen molar-refractivity contribution in [1.82, 2.24) is 20.4 Å². The lowest BCUT2D eigenvalue weighted by atomic mass is 9.94. The summed E-state index contributed by atoms with van der Waals surface area (Å²) in [6, 6.07) is 0. The Hall–Kier alpha value is -0.810. The highest BCUT2D eigenvalue weighted by atomic mass is 15.2. The summed E-state index contributed by atoms with van der Waals surface area (Å²) in [6.07, 6.45) is 10.7. The van der Waals surface area contributed by atoms with E-state index in [-0.39, 0.29) is 0 Å². The van der Waals surface area contributed by atoms with Crippen molar-refractivity contribution >= 4 is 5.96 Å². The molecule has 2 aliphatic heterocycles. The number of aliphatic imine (C=N–C) groups is 1. The van der Waals surface area contributed by atoms with Gasteiger partial charge in [-0.1, -0.05) is 12.8 Å². The molecule has 2 saturated heterocycles. The SMILES string of the molecule is CCNC(=NCCCN1CCCCCC1)NCCC1CCN(C)CC1. The van der Waals surface area contributed by atoms with Crippen LogP contribution in [0.5, 0.6) is 0 Å². The topological polar surface area (TPSA) is 42.9 Å². The minimum Gasteiger partial charge on any atom is -0.357 e. The Kier molecular flexibility index (Phi) is 10.3. The van der Waals surface area contributed by atoms with Crippen molar-refractivity contribution in [1.29, 1.82) is 0 Å². The smallest absolute Gasteiger partial charge is 0.191 e. The van der Waals surface area contributed by atoms with Crippen LogP contribution in [0.1, 0.15) is 58.3 Å². The van der Waals surface area contributed by atoms with Crippen LogP contribution in [-0.2, 0) is 0 Å². The molecule has 0 spiro atoms. The van der Waals surface area contributed by atoms with Gasteiger partial charge >= 0.3 is 0 Å². The zero-order valence-corrected chi connectivity index (χ0v) is 16.7. The largest absolute Gasteiger partial charge is 0.357 e. The highest BCUT2D eigenvalue weighted by Crippen LogP contribution is 2.18. The number of piperidine rings is 1. The maximum absolute atomic E-state index is 4.78. The van der Waals surface area contributed by atoms with Crippen LogP contribution in [0.25, 0.3) is 0 Å². The molecule has 0 amide bonds. The molecule has 5 heteroatoms. The molecule has 5 nitrogen and oxygen atoms in total. The van der Waals surface area contributed by atoms with Crippen molar-refractivity contribution in [3.63, 3.8) is 0 Å². The first-order valence-electron chi connectivity index (χ1n) is 10.7. The van der Waals surface area contributed by atoms with E-state index < -0.39 is 0 Å². The molecular formula is C20H41N5. The van der Waals surface area contributed by atoms with Gasteiger partial charge in [-0.25, -0.2) is 0 Å². The Morgan fingerprint density at radius 1 is 1.00 bits per heavy atom. The number of likely N-dealkylation sites (tertiary alicyclic amines) is 2. The van der Waals surface area contributed by atoms with E-state index in [2.05, 4.69) is 34.4 Å². The van der Waals surface area contributed by atoms with Crippen molar-refractivity contribution in [3.8, 4) is 0 Å². The third-order valence-corrected chi connectivity index (χ3v) is 5.63. The van der Waals surface area contributed by atoms with E-state index in [9.17, 15) is 0 Å². The summed E-state index contributed by atoms with van der Waals surface area (Å²) >= 11 is 0. The molecule has 0 bridgehead atoms. The van der Waals surface area contributed by atoms with Gasteiger partial charge in [0.05, 0.1) is 0 Å². The van der Waals surface area contributed by atoms with E-state index in [0.717, 1.165) is 31.5 Å². The predicted octanol–water partition coefficient (Wildman–Crippen LogP) is 2.54. The molecule has 0 saturated carbocycles. The zero-order chi connectivity index (χ0) is 17.7. The highest BCUT2D eigenvalue weighted by molar-refractivity contribution is 5.79. The highest BCUT2D eigenvalue weighted by Gasteiger charge is 2.16. The Bertz CT molecular complexity index is 355. The van der Waals surface area contributed by atoms with Crippen LogP contribution in [0.4, 0.5) is 0 Å². The van der Waals surface area contributed by atoms with Gasteiger partial charge in [0.2, 0.25) is 0 Å². The second kappa shape index (κ2) is 12.5. The number of guanidine groups is 1. The van der Waals surface area contributed by atoms with Crippen molar-refractivity contribution in [2.45, 2.75) is 58.3 Å². The van der Waals surface area contributed by atoms with Gasteiger partial charge in [-0.3, -0.25) is 4.99 Å². The van der Waals surface area contributed by atoms with Crippen LogP contribution < -0.4 is 10.6 Å². The summed E-state index contributed by atoms with van der Waals surface area (Å²) in [5, 5.41) is 6.93. The monoisotopic (exact) mass is 351 g/mol. The molecular weight excluding hydrogens is 310 g/mol. The maximum Gasteiger partial charge on any atom is 0.191 e. The third-order valence-electron chi connectivity index (χ3n) is 5.63. The van der Waals surface area contributed by atoms with E-state index in [4.69, 9.17) is 4.99 Å². The molecule has 2 N–H and O–H groups in total. The van der Waals surface area contributed by atoms with Crippen LogP contribution >= 0.6 is 0 Å². The molecule has 0 aromatic heterocycles. The van der Waals surface area contributed by atoms with Gasteiger partial charge in [-0.2, -0.15) is 0 Å². The average molecular weight is 352 g/mol. The summed E-state index contributed by atoms with van der Waals surface area (Å²) in [5.41, 5.74) is 0. The summed E-state index contributed by atoms with van der Waals surface area (Å²) in [6.45, 7) is 11.4. The minimum absolute atomic E-state index is 0.884. The molecule has 0 aromatic rings. The van der Waals surface area contributed by atoms with Crippen LogP contribution in [0.3, 0.4) is 0 Å². The minimum atomic E-state index is 0.884. The van der Waals surface area contributed by atoms with E-state index in [1.807, 2.05) is 0 Å². The molecule has 146 valence electrons. The van der Waals surface area contributed by atoms with Crippen molar-refractivity contribution in [3.05, 3.63) is 0 Å². The van der Waals surface area contributed by atoms with Crippen LogP contribution in [0.15, 0.2) is 4.99 Å².